The third-order valence-electron chi connectivity index (χ3n) is 4.30. The molecular weight excluding hydrogens is 362 g/mol. The van der Waals surface area contributed by atoms with E-state index in [0.717, 1.165) is 11.1 Å². The van der Waals surface area contributed by atoms with Crippen LogP contribution in [0.15, 0.2) is 97.2 Å². The summed E-state index contributed by atoms with van der Waals surface area (Å²) in [7, 11) is 0. The van der Waals surface area contributed by atoms with Gasteiger partial charge in [0, 0.05) is 29.9 Å². The lowest BCUT2D eigenvalue weighted by Gasteiger charge is -2.08. The molecule has 142 valence electrons. The molecule has 4 aromatic rings. The zero-order valence-electron chi connectivity index (χ0n) is 15.7. The maximum Gasteiger partial charge on any atom is 0.251 e. The van der Waals surface area contributed by atoms with Crippen LogP contribution in [0.25, 0.3) is 11.4 Å². The molecular formula is C24H19N3O2. The molecule has 1 amide bonds. The van der Waals surface area contributed by atoms with Gasteiger partial charge in [-0.2, -0.15) is 4.98 Å². The van der Waals surface area contributed by atoms with Crippen molar-refractivity contribution in [1.82, 2.24) is 15.3 Å². The van der Waals surface area contributed by atoms with Gasteiger partial charge in [0.25, 0.3) is 5.91 Å². The minimum atomic E-state index is -0.123. The first-order valence-corrected chi connectivity index (χ1v) is 9.26. The Bertz CT molecular complexity index is 1080. The number of amides is 1. The molecule has 1 N–H and O–H groups in total. The topological polar surface area (TPSA) is 64.1 Å². The Morgan fingerprint density at radius 1 is 0.828 bits per heavy atom. The number of nitrogens with zero attached hydrogens (tertiary/aromatic N) is 2. The highest BCUT2D eigenvalue weighted by Gasteiger charge is 2.08. The van der Waals surface area contributed by atoms with Gasteiger partial charge >= 0.3 is 0 Å². The summed E-state index contributed by atoms with van der Waals surface area (Å²) in [5.74, 6) is 1.59. The van der Waals surface area contributed by atoms with Gasteiger partial charge in [-0.05, 0) is 29.8 Å². The van der Waals surface area contributed by atoms with Crippen LogP contribution in [0.5, 0.6) is 11.6 Å². The monoisotopic (exact) mass is 381 g/mol. The van der Waals surface area contributed by atoms with Gasteiger partial charge < -0.3 is 10.1 Å². The molecule has 1 heterocycles. The van der Waals surface area contributed by atoms with E-state index in [-0.39, 0.29) is 5.91 Å². The van der Waals surface area contributed by atoms with Crippen LogP contribution in [0.1, 0.15) is 15.9 Å². The van der Waals surface area contributed by atoms with E-state index in [9.17, 15) is 4.79 Å². The number of hydrogen-bond donors (Lipinski definition) is 1. The van der Waals surface area contributed by atoms with E-state index in [2.05, 4.69) is 15.3 Å². The van der Waals surface area contributed by atoms with Gasteiger partial charge in [-0.3, -0.25) is 4.79 Å². The molecule has 3 aromatic carbocycles. The number of carbonyl (C=O) groups is 1. The molecule has 0 radical (unpaired) electrons. The highest BCUT2D eigenvalue weighted by atomic mass is 16.5. The van der Waals surface area contributed by atoms with Crippen molar-refractivity contribution >= 4 is 5.91 Å². The molecule has 0 saturated heterocycles. The lowest BCUT2D eigenvalue weighted by atomic mass is 10.1. The van der Waals surface area contributed by atoms with Crippen molar-refractivity contribution < 1.29 is 9.53 Å². The van der Waals surface area contributed by atoms with E-state index in [4.69, 9.17) is 4.74 Å². The maximum absolute atomic E-state index is 12.4. The second-order valence-electron chi connectivity index (χ2n) is 6.38. The molecule has 4 rings (SSSR count). The van der Waals surface area contributed by atoms with Crippen molar-refractivity contribution in [1.29, 1.82) is 0 Å². The summed E-state index contributed by atoms with van der Waals surface area (Å²) in [6.45, 7) is 0.489. The third kappa shape index (κ3) is 4.84. The fourth-order valence-corrected chi connectivity index (χ4v) is 2.80. The van der Waals surface area contributed by atoms with Crippen LogP contribution in [0.2, 0.25) is 0 Å². The molecule has 0 saturated carbocycles. The van der Waals surface area contributed by atoms with Gasteiger partial charge in [0.15, 0.2) is 5.82 Å². The summed E-state index contributed by atoms with van der Waals surface area (Å²) in [5, 5.41) is 2.92. The molecule has 0 spiro atoms. The number of benzene rings is 3. The summed E-state index contributed by atoms with van der Waals surface area (Å²) < 4.78 is 5.76. The SMILES string of the molecule is O=C(NCc1ccccc1)c1ccc(-c2nccc(Oc3ccccc3)n2)cc1. The molecule has 0 fully saturated rings. The van der Waals surface area contributed by atoms with Crippen LogP contribution < -0.4 is 10.1 Å². The average Bonchev–Trinajstić information content (AvgIpc) is 2.79. The van der Waals surface area contributed by atoms with Crippen LogP contribution in [-0.2, 0) is 6.54 Å². The van der Waals surface area contributed by atoms with Gasteiger partial charge in [-0.1, -0.05) is 60.7 Å². The van der Waals surface area contributed by atoms with Crippen LogP contribution in [-0.4, -0.2) is 15.9 Å². The lowest BCUT2D eigenvalue weighted by Crippen LogP contribution is -2.22. The van der Waals surface area contributed by atoms with E-state index >= 15 is 0 Å². The molecule has 0 unspecified atom stereocenters. The Balaban J connectivity index is 1.43. The van der Waals surface area contributed by atoms with Gasteiger partial charge in [0.1, 0.15) is 5.75 Å². The van der Waals surface area contributed by atoms with Crippen LogP contribution >= 0.6 is 0 Å². The van der Waals surface area contributed by atoms with Crippen LogP contribution in [0.3, 0.4) is 0 Å². The fraction of sp³-hybridized carbons (Fsp3) is 0.0417. The molecule has 29 heavy (non-hydrogen) atoms. The first kappa shape index (κ1) is 18.4. The Morgan fingerprint density at radius 3 is 2.24 bits per heavy atom. The number of aromatic nitrogens is 2. The van der Waals surface area contributed by atoms with Gasteiger partial charge in [0.05, 0.1) is 0 Å². The van der Waals surface area contributed by atoms with E-state index in [0.29, 0.717) is 29.6 Å². The molecule has 0 bridgehead atoms. The van der Waals surface area contributed by atoms with Gasteiger partial charge in [0.2, 0.25) is 5.88 Å². The molecule has 0 aliphatic heterocycles. The summed E-state index contributed by atoms with van der Waals surface area (Å²) in [5.41, 5.74) is 2.45. The number of rotatable bonds is 6. The zero-order valence-corrected chi connectivity index (χ0v) is 15.7. The van der Waals surface area contributed by atoms with E-state index in [1.54, 1.807) is 24.4 Å². The molecule has 0 aliphatic carbocycles. The van der Waals surface area contributed by atoms with Crippen molar-refractivity contribution in [3.05, 3.63) is 108 Å². The van der Waals surface area contributed by atoms with E-state index < -0.39 is 0 Å². The second kappa shape index (κ2) is 8.80. The number of para-hydroxylation sites is 1. The van der Waals surface area contributed by atoms with E-state index in [1.807, 2.05) is 72.8 Å². The van der Waals surface area contributed by atoms with Crippen LogP contribution in [0, 0.1) is 0 Å². The lowest BCUT2D eigenvalue weighted by molar-refractivity contribution is 0.0951. The van der Waals surface area contributed by atoms with Crippen molar-refractivity contribution in [2.75, 3.05) is 0 Å². The maximum atomic E-state index is 12.4. The Kier molecular flexibility index (Phi) is 5.58. The number of nitrogens with one attached hydrogen (secondary N) is 1. The largest absolute Gasteiger partial charge is 0.439 e. The highest BCUT2D eigenvalue weighted by molar-refractivity contribution is 5.94. The van der Waals surface area contributed by atoms with Crippen molar-refractivity contribution in [2.45, 2.75) is 6.54 Å². The first-order chi connectivity index (χ1) is 14.3. The average molecular weight is 381 g/mol. The Hall–Kier alpha value is -3.99. The molecule has 0 atom stereocenters. The van der Waals surface area contributed by atoms with Gasteiger partial charge in [-0.25, -0.2) is 4.98 Å². The minimum Gasteiger partial charge on any atom is -0.439 e. The first-order valence-electron chi connectivity index (χ1n) is 9.26. The molecule has 5 heteroatoms. The molecule has 1 aromatic heterocycles. The van der Waals surface area contributed by atoms with Crippen molar-refractivity contribution in [2.24, 2.45) is 0 Å². The summed E-state index contributed by atoms with van der Waals surface area (Å²) in [6, 6.07) is 28.2. The smallest absolute Gasteiger partial charge is 0.251 e. The number of hydrogen-bond acceptors (Lipinski definition) is 4. The van der Waals surface area contributed by atoms with Crippen molar-refractivity contribution in [3.63, 3.8) is 0 Å². The quantitative estimate of drug-likeness (QED) is 0.518. The number of carbonyl (C=O) groups excluding carboxylic acids is 1. The fourth-order valence-electron chi connectivity index (χ4n) is 2.80. The number of ether oxygens (including phenoxy) is 1. The predicted octanol–water partition coefficient (Wildman–Crippen LogP) is 4.87. The summed E-state index contributed by atoms with van der Waals surface area (Å²) in [6.07, 6.45) is 1.65. The highest BCUT2D eigenvalue weighted by Crippen LogP contribution is 2.22. The Morgan fingerprint density at radius 2 is 1.52 bits per heavy atom. The van der Waals surface area contributed by atoms with Crippen LogP contribution in [0.4, 0.5) is 0 Å². The second-order valence-corrected chi connectivity index (χ2v) is 6.38. The minimum absolute atomic E-state index is 0.123. The summed E-state index contributed by atoms with van der Waals surface area (Å²) in [4.78, 5) is 21.1. The summed E-state index contributed by atoms with van der Waals surface area (Å²) >= 11 is 0. The Labute approximate surface area is 169 Å². The van der Waals surface area contributed by atoms with E-state index in [1.165, 1.54) is 0 Å². The zero-order chi connectivity index (χ0) is 19.9. The normalized spacial score (nSPS) is 10.3. The van der Waals surface area contributed by atoms with Crippen molar-refractivity contribution in [3.8, 4) is 23.0 Å². The van der Waals surface area contributed by atoms with Gasteiger partial charge in [-0.15, -0.1) is 0 Å². The molecule has 5 nitrogen and oxygen atoms in total. The molecule has 0 aliphatic rings. The predicted molar refractivity (Wildman–Crippen MR) is 112 cm³/mol. The third-order valence-corrected chi connectivity index (χ3v) is 4.30. The standard InChI is InChI=1S/C24H19N3O2/c28-24(26-17-18-7-3-1-4-8-18)20-13-11-19(12-14-20)23-25-16-15-22(27-23)29-21-9-5-2-6-10-21/h1-16H,17H2,(H,26,28).